The summed E-state index contributed by atoms with van der Waals surface area (Å²) in [5.74, 6) is 2.03. The van der Waals surface area contributed by atoms with Crippen LogP contribution in [0.5, 0.6) is 0 Å². The molecular formula is C20H25NOS2. The van der Waals surface area contributed by atoms with Crippen LogP contribution in [0.25, 0.3) is 0 Å². The molecule has 0 fully saturated rings. The van der Waals surface area contributed by atoms with Crippen molar-refractivity contribution in [2.45, 2.75) is 36.7 Å². The van der Waals surface area contributed by atoms with E-state index >= 15 is 0 Å². The van der Waals surface area contributed by atoms with Gasteiger partial charge in [0.25, 0.3) is 0 Å². The normalized spacial score (nSPS) is 12.0. The molecule has 2 aromatic rings. The van der Waals surface area contributed by atoms with E-state index < -0.39 is 0 Å². The molecule has 24 heavy (non-hydrogen) atoms. The average molecular weight is 360 g/mol. The molecule has 0 aliphatic carbocycles. The third-order valence-corrected chi connectivity index (χ3v) is 5.74. The van der Waals surface area contributed by atoms with Crippen molar-refractivity contribution in [2.24, 2.45) is 0 Å². The Bertz CT molecular complexity index is 655. The van der Waals surface area contributed by atoms with Gasteiger partial charge < -0.3 is 5.32 Å². The monoisotopic (exact) mass is 359 g/mol. The van der Waals surface area contributed by atoms with Gasteiger partial charge in [0, 0.05) is 22.9 Å². The van der Waals surface area contributed by atoms with E-state index in [9.17, 15) is 4.79 Å². The molecule has 2 rings (SSSR count). The smallest absolute Gasteiger partial charge is 0.233 e. The van der Waals surface area contributed by atoms with E-state index in [1.807, 2.05) is 18.7 Å². The minimum atomic E-state index is -0.0746. The number of amides is 1. The van der Waals surface area contributed by atoms with Crippen molar-refractivity contribution in [2.75, 3.05) is 12.3 Å². The maximum Gasteiger partial charge on any atom is 0.233 e. The van der Waals surface area contributed by atoms with Gasteiger partial charge in [0.1, 0.15) is 0 Å². The second-order valence-electron chi connectivity index (χ2n) is 5.91. The zero-order valence-electron chi connectivity index (χ0n) is 14.5. The maximum absolute atomic E-state index is 12.2. The summed E-state index contributed by atoms with van der Waals surface area (Å²) in [6.07, 6.45) is 0. The van der Waals surface area contributed by atoms with Crippen molar-refractivity contribution in [3.8, 4) is 0 Å². The molecule has 0 aliphatic rings. The predicted octanol–water partition coefficient (Wildman–Crippen LogP) is 4.83. The molecule has 2 aromatic carbocycles. The van der Waals surface area contributed by atoms with Crippen molar-refractivity contribution in [1.29, 1.82) is 0 Å². The average Bonchev–Trinajstić information content (AvgIpc) is 2.56. The number of hydrogen-bond donors (Lipinski definition) is 1. The molecule has 2 nitrogen and oxygen atoms in total. The molecule has 0 aliphatic heterocycles. The molecule has 0 unspecified atom stereocenters. The Morgan fingerprint density at radius 1 is 1.08 bits per heavy atom. The largest absolute Gasteiger partial charge is 0.354 e. The van der Waals surface area contributed by atoms with Gasteiger partial charge in [-0.25, -0.2) is 0 Å². The Kier molecular flexibility index (Phi) is 7.73. The molecule has 0 spiro atoms. The fourth-order valence-electron chi connectivity index (χ4n) is 2.26. The number of hydrogen-bond acceptors (Lipinski definition) is 3. The highest BCUT2D eigenvalue weighted by atomic mass is 32.2. The van der Waals surface area contributed by atoms with Gasteiger partial charge in [-0.15, -0.1) is 11.8 Å². The molecule has 1 amide bonds. The zero-order chi connectivity index (χ0) is 17.4. The number of carbonyl (C=O) groups excluding carboxylic acids is 1. The molecule has 4 heteroatoms. The summed E-state index contributed by atoms with van der Waals surface area (Å²) in [4.78, 5) is 13.3. The highest BCUT2D eigenvalue weighted by Gasteiger charge is 2.13. The fraction of sp³-hybridized carbons (Fsp3) is 0.350. The van der Waals surface area contributed by atoms with E-state index in [1.165, 1.54) is 16.7 Å². The number of nitrogens with one attached hydrogen (secondary N) is 1. The Morgan fingerprint density at radius 2 is 1.83 bits per heavy atom. The van der Waals surface area contributed by atoms with Gasteiger partial charge in [0.2, 0.25) is 5.91 Å². The van der Waals surface area contributed by atoms with Crippen molar-refractivity contribution in [3.05, 3.63) is 65.2 Å². The topological polar surface area (TPSA) is 29.1 Å². The first-order valence-corrected chi connectivity index (χ1v) is 10.2. The summed E-state index contributed by atoms with van der Waals surface area (Å²) in [5, 5.41) is 2.96. The van der Waals surface area contributed by atoms with E-state index in [0.717, 1.165) is 16.4 Å². The highest BCUT2D eigenvalue weighted by Crippen LogP contribution is 2.23. The van der Waals surface area contributed by atoms with Crippen LogP contribution in [0, 0.1) is 13.8 Å². The first-order valence-electron chi connectivity index (χ1n) is 8.19. The second-order valence-corrected chi connectivity index (χ2v) is 8.43. The van der Waals surface area contributed by atoms with Gasteiger partial charge in [0.05, 0.1) is 5.25 Å². The van der Waals surface area contributed by atoms with Crippen LogP contribution < -0.4 is 5.32 Å². The van der Waals surface area contributed by atoms with E-state index in [-0.39, 0.29) is 11.2 Å². The molecule has 0 saturated carbocycles. The summed E-state index contributed by atoms with van der Waals surface area (Å²) in [6.45, 7) is 6.86. The number of benzene rings is 2. The molecule has 0 aromatic heterocycles. The number of thioether (sulfide) groups is 2. The minimum Gasteiger partial charge on any atom is -0.354 e. The van der Waals surface area contributed by atoms with Crippen molar-refractivity contribution < 1.29 is 4.79 Å². The lowest BCUT2D eigenvalue weighted by atomic mass is 10.2. The molecule has 0 saturated heterocycles. The van der Waals surface area contributed by atoms with Gasteiger partial charge in [0.15, 0.2) is 0 Å². The predicted molar refractivity (Wildman–Crippen MR) is 107 cm³/mol. The first-order chi connectivity index (χ1) is 11.5. The van der Waals surface area contributed by atoms with Gasteiger partial charge in [-0.1, -0.05) is 47.5 Å². The van der Waals surface area contributed by atoms with Crippen LogP contribution in [-0.2, 0) is 10.5 Å². The number of carbonyl (C=O) groups is 1. The molecular weight excluding hydrogens is 334 g/mol. The summed E-state index contributed by atoms with van der Waals surface area (Å²) >= 11 is 3.46. The zero-order valence-corrected chi connectivity index (χ0v) is 16.2. The summed E-state index contributed by atoms with van der Waals surface area (Å²) in [7, 11) is 0. The van der Waals surface area contributed by atoms with Crippen LogP contribution in [0.15, 0.2) is 53.4 Å². The standard InChI is InChI=1S/C20H25NOS2/c1-15-7-9-19(10-8-15)24-17(3)20(22)21-11-12-23-14-18-6-4-5-16(2)13-18/h4-10,13,17H,11-12,14H2,1-3H3,(H,21,22)/t17-/m1/s1. The van der Waals surface area contributed by atoms with Crippen LogP contribution in [0.1, 0.15) is 23.6 Å². The maximum atomic E-state index is 12.2. The quantitative estimate of drug-likeness (QED) is 0.540. The molecule has 0 bridgehead atoms. The van der Waals surface area contributed by atoms with Crippen LogP contribution in [-0.4, -0.2) is 23.5 Å². The second kappa shape index (κ2) is 9.80. The lowest BCUT2D eigenvalue weighted by molar-refractivity contribution is -0.120. The van der Waals surface area contributed by atoms with Gasteiger partial charge in [-0.05, 0) is 38.5 Å². The van der Waals surface area contributed by atoms with Crippen LogP contribution in [0.4, 0.5) is 0 Å². The van der Waals surface area contributed by atoms with Gasteiger partial charge >= 0.3 is 0 Å². The fourth-order valence-corrected chi connectivity index (χ4v) is 3.95. The third kappa shape index (κ3) is 6.62. The van der Waals surface area contributed by atoms with Crippen LogP contribution in [0.3, 0.4) is 0 Å². The lowest BCUT2D eigenvalue weighted by Gasteiger charge is -2.12. The van der Waals surface area contributed by atoms with Gasteiger partial charge in [-0.2, -0.15) is 11.8 Å². The third-order valence-electron chi connectivity index (χ3n) is 3.60. The van der Waals surface area contributed by atoms with E-state index in [1.54, 1.807) is 11.8 Å². The first kappa shape index (κ1) is 18.9. The number of rotatable bonds is 8. The Balaban J connectivity index is 1.64. The van der Waals surface area contributed by atoms with E-state index in [2.05, 4.69) is 67.7 Å². The number of aryl methyl sites for hydroxylation is 2. The Hall–Kier alpha value is -1.39. The van der Waals surface area contributed by atoms with Gasteiger partial charge in [-0.3, -0.25) is 4.79 Å². The molecule has 0 radical (unpaired) electrons. The van der Waals surface area contributed by atoms with Crippen LogP contribution in [0.2, 0.25) is 0 Å². The summed E-state index contributed by atoms with van der Waals surface area (Å²) in [6, 6.07) is 16.9. The molecule has 128 valence electrons. The minimum absolute atomic E-state index is 0.0746. The molecule has 0 heterocycles. The Labute approximate surface area is 153 Å². The van der Waals surface area contributed by atoms with Crippen molar-refractivity contribution in [1.82, 2.24) is 5.32 Å². The SMILES string of the molecule is Cc1ccc(S[C@H](C)C(=O)NCCSCc2cccc(C)c2)cc1. The highest BCUT2D eigenvalue weighted by molar-refractivity contribution is 8.00. The van der Waals surface area contributed by atoms with Crippen molar-refractivity contribution >= 4 is 29.4 Å². The van der Waals surface area contributed by atoms with Crippen molar-refractivity contribution in [3.63, 3.8) is 0 Å². The lowest BCUT2D eigenvalue weighted by Crippen LogP contribution is -2.32. The Morgan fingerprint density at radius 3 is 2.54 bits per heavy atom. The molecule has 1 N–H and O–H groups in total. The summed E-state index contributed by atoms with van der Waals surface area (Å²) in [5.41, 5.74) is 3.88. The summed E-state index contributed by atoms with van der Waals surface area (Å²) < 4.78 is 0. The molecule has 1 atom stereocenters. The van der Waals surface area contributed by atoms with E-state index in [0.29, 0.717) is 6.54 Å². The van der Waals surface area contributed by atoms with Crippen LogP contribution >= 0.6 is 23.5 Å². The van der Waals surface area contributed by atoms with E-state index in [4.69, 9.17) is 0 Å².